The zero-order chi connectivity index (χ0) is 15.0. The Kier molecular flexibility index (Phi) is 6.09. The largest absolute Gasteiger partial charge is 0.507 e. The number of carboxylic acids is 1. The van der Waals surface area contributed by atoms with E-state index in [0.29, 0.717) is 17.7 Å². The van der Waals surface area contributed by atoms with Crippen molar-refractivity contribution < 1.29 is 29.3 Å². The highest BCUT2D eigenvalue weighted by atomic mass is 16.5. The van der Waals surface area contributed by atoms with Crippen molar-refractivity contribution >= 4 is 18.0 Å². The molecule has 108 valence electrons. The summed E-state index contributed by atoms with van der Waals surface area (Å²) in [7, 11) is 1.26. The van der Waals surface area contributed by atoms with Crippen LogP contribution in [0.2, 0.25) is 0 Å². The summed E-state index contributed by atoms with van der Waals surface area (Å²) in [6.07, 6.45) is 3.05. The van der Waals surface area contributed by atoms with Crippen LogP contribution in [0.1, 0.15) is 18.4 Å². The molecular weight excluding hydrogens is 264 g/mol. The number of aliphatic carboxylic acids is 1. The van der Waals surface area contributed by atoms with Crippen molar-refractivity contribution in [3.63, 3.8) is 0 Å². The number of ether oxygens (including phenoxy) is 2. The van der Waals surface area contributed by atoms with Gasteiger partial charge in [0.1, 0.15) is 11.5 Å². The summed E-state index contributed by atoms with van der Waals surface area (Å²) in [5, 5.41) is 18.2. The van der Waals surface area contributed by atoms with Crippen molar-refractivity contribution in [1.82, 2.24) is 0 Å². The van der Waals surface area contributed by atoms with E-state index in [1.165, 1.54) is 25.3 Å². The van der Waals surface area contributed by atoms with Crippen LogP contribution in [0.15, 0.2) is 24.3 Å². The molecule has 0 spiro atoms. The van der Waals surface area contributed by atoms with Crippen molar-refractivity contribution in [1.29, 1.82) is 0 Å². The van der Waals surface area contributed by atoms with Gasteiger partial charge in [-0.15, -0.1) is 0 Å². The minimum Gasteiger partial charge on any atom is -0.507 e. The molecule has 0 aliphatic rings. The SMILES string of the molecule is COC(=O)/C=C/c1ccc(OCCCC(=O)O)cc1O. The number of hydrogen-bond acceptors (Lipinski definition) is 5. The Morgan fingerprint density at radius 2 is 2.10 bits per heavy atom. The molecule has 2 N–H and O–H groups in total. The Balaban J connectivity index is 2.57. The monoisotopic (exact) mass is 280 g/mol. The van der Waals surface area contributed by atoms with Crippen LogP contribution in [0.25, 0.3) is 6.08 Å². The molecule has 0 atom stereocenters. The second-order valence-electron chi connectivity index (χ2n) is 3.92. The fraction of sp³-hybridized carbons (Fsp3) is 0.286. The molecule has 0 bridgehead atoms. The van der Waals surface area contributed by atoms with Crippen molar-refractivity contribution in [2.24, 2.45) is 0 Å². The van der Waals surface area contributed by atoms with Gasteiger partial charge in [-0.3, -0.25) is 4.79 Å². The molecule has 0 fully saturated rings. The van der Waals surface area contributed by atoms with Gasteiger partial charge in [0.25, 0.3) is 0 Å². The molecule has 20 heavy (non-hydrogen) atoms. The predicted molar refractivity (Wildman–Crippen MR) is 71.5 cm³/mol. The van der Waals surface area contributed by atoms with Gasteiger partial charge in [0, 0.05) is 24.1 Å². The van der Waals surface area contributed by atoms with Gasteiger partial charge < -0.3 is 19.7 Å². The number of hydrogen-bond donors (Lipinski definition) is 2. The summed E-state index contributed by atoms with van der Waals surface area (Å²) < 4.78 is 9.74. The quantitative estimate of drug-likeness (QED) is 0.449. The van der Waals surface area contributed by atoms with E-state index in [1.807, 2.05) is 0 Å². The highest BCUT2D eigenvalue weighted by Gasteiger charge is 2.03. The smallest absolute Gasteiger partial charge is 0.330 e. The van der Waals surface area contributed by atoms with Gasteiger partial charge in [0.15, 0.2) is 0 Å². The highest BCUT2D eigenvalue weighted by Crippen LogP contribution is 2.24. The molecular formula is C14H16O6. The number of carbonyl (C=O) groups is 2. The Morgan fingerprint density at radius 1 is 1.35 bits per heavy atom. The van der Waals surface area contributed by atoms with E-state index in [2.05, 4.69) is 4.74 Å². The molecule has 0 radical (unpaired) electrons. The van der Waals surface area contributed by atoms with Crippen LogP contribution >= 0.6 is 0 Å². The molecule has 0 amide bonds. The maximum atomic E-state index is 10.9. The summed E-state index contributed by atoms with van der Waals surface area (Å²) >= 11 is 0. The van der Waals surface area contributed by atoms with Crippen molar-refractivity contribution in [3.8, 4) is 11.5 Å². The van der Waals surface area contributed by atoms with Gasteiger partial charge in [-0.05, 0) is 24.6 Å². The molecule has 0 unspecified atom stereocenters. The van der Waals surface area contributed by atoms with Gasteiger partial charge in [0.2, 0.25) is 0 Å². The molecule has 6 nitrogen and oxygen atoms in total. The van der Waals surface area contributed by atoms with Crippen molar-refractivity contribution in [2.75, 3.05) is 13.7 Å². The molecule has 0 saturated heterocycles. The second kappa shape index (κ2) is 7.83. The van der Waals surface area contributed by atoms with E-state index >= 15 is 0 Å². The average Bonchev–Trinajstić information content (AvgIpc) is 2.42. The first-order valence-corrected chi connectivity index (χ1v) is 5.96. The Morgan fingerprint density at radius 3 is 2.70 bits per heavy atom. The van der Waals surface area contributed by atoms with Gasteiger partial charge in [-0.2, -0.15) is 0 Å². The van der Waals surface area contributed by atoms with Gasteiger partial charge >= 0.3 is 11.9 Å². The van der Waals surface area contributed by atoms with Gasteiger partial charge in [-0.1, -0.05) is 0 Å². The third-order valence-electron chi connectivity index (χ3n) is 2.41. The fourth-order valence-electron chi connectivity index (χ4n) is 1.39. The van der Waals surface area contributed by atoms with E-state index in [0.717, 1.165) is 0 Å². The van der Waals surface area contributed by atoms with E-state index in [9.17, 15) is 14.7 Å². The van der Waals surface area contributed by atoms with Crippen LogP contribution in [0.4, 0.5) is 0 Å². The van der Waals surface area contributed by atoms with E-state index in [4.69, 9.17) is 9.84 Å². The molecule has 0 heterocycles. The second-order valence-corrected chi connectivity index (χ2v) is 3.92. The van der Waals surface area contributed by atoms with Gasteiger partial charge in [0.05, 0.1) is 13.7 Å². The van der Waals surface area contributed by atoms with E-state index in [1.54, 1.807) is 12.1 Å². The zero-order valence-corrected chi connectivity index (χ0v) is 11.0. The van der Waals surface area contributed by atoms with E-state index < -0.39 is 11.9 Å². The number of benzene rings is 1. The number of rotatable bonds is 7. The number of carboxylic acid groups (broad SMARTS) is 1. The van der Waals surface area contributed by atoms with Gasteiger partial charge in [-0.25, -0.2) is 4.79 Å². The maximum absolute atomic E-state index is 10.9. The molecule has 0 aliphatic carbocycles. The number of carbonyl (C=O) groups excluding carboxylic acids is 1. The number of phenols is 1. The summed E-state index contributed by atoms with van der Waals surface area (Å²) in [6.45, 7) is 0.253. The first kappa shape index (κ1) is 15.6. The third kappa shape index (κ3) is 5.43. The van der Waals surface area contributed by atoms with Crippen molar-refractivity contribution in [2.45, 2.75) is 12.8 Å². The van der Waals surface area contributed by atoms with Crippen LogP contribution in [0, 0.1) is 0 Å². The molecule has 0 saturated carbocycles. The predicted octanol–water partition coefficient (Wildman–Crippen LogP) is 1.82. The lowest BCUT2D eigenvalue weighted by Gasteiger charge is -2.07. The highest BCUT2D eigenvalue weighted by molar-refractivity contribution is 5.87. The minimum absolute atomic E-state index is 0.0337. The van der Waals surface area contributed by atoms with Crippen molar-refractivity contribution in [3.05, 3.63) is 29.8 Å². The minimum atomic E-state index is -0.875. The summed E-state index contributed by atoms with van der Waals surface area (Å²) in [5.74, 6) is -0.998. The first-order chi connectivity index (χ1) is 9.52. The number of methoxy groups -OCH3 is 1. The lowest BCUT2D eigenvalue weighted by molar-refractivity contribution is -0.137. The van der Waals surface area contributed by atoms with Crippen LogP contribution in [0.3, 0.4) is 0 Å². The first-order valence-electron chi connectivity index (χ1n) is 5.96. The van der Waals surface area contributed by atoms with Crippen LogP contribution in [-0.4, -0.2) is 35.9 Å². The number of aromatic hydroxyl groups is 1. The lowest BCUT2D eigenvalue weighted by atomic mass is 10.2. The third-order valence-corrected chi connectivity index (χ3v) is 2.41. The molecule has 1 rings (SSSR count). The molecule has 1 aromatic rings. The normalized spacial score (nSPS) is 10.4. The molecule has 1 aromatic carbocycles. The summed E-state index contributed by atoms with van der Waals surface area (Å²) in [5.41, 5.74) is 0.452. The molecule has 6 heteroatoms. The number of esters is 1. The Hall–Kier alpha value is -2.50. The standard InChI is InChI=1S/C14H16O6/c1-19-14(18)7-5-10-4-6-11(9-12(10)15)20-8-2-3-13(16)17/h4-7,9,15H,2-3,8H2,1H3,(H,16,17)/b7-5+. The van der Waals surface area contributed by atoms with Crippen LogP contribution < -0.4 is 4.74 Å². The van der Waals surface area contributed by atoms with Crippen LogP contribution in [0.5, 0.6) is 11.5 Å². The number of phenolic OH excluding ortho intramolecular Hbond substituents is 1. The average molecular weight is 280 g/mol. The molecule has 0 aliphatic heterocycles. The van der Waals surface area contributed by atoms with Crippen LogP contribution in [-0.2, 0) is 14.3 Å². The Labute approximate surface area is 116 Å². The molecule has 0 aromatic heterocycles. The zero-order valence-electron chi connectivity index (χ0n) is 11.0. The fourth-order valence-corrected chi connectivity index (χ4v) is 1.39. The summed E-state index contributed by atoms with van der Waals surface area (Å²) in [6, 6.07) is 4.61. The Bertz CT molecular complexity index is 506. The maximum Gasteiger partial charge on any atom is 0.330 e. The lowest BCUT2D eigenvalue weighted by Crippen LogP contribution is -2.02. The van der Waals surface area contributed by atoms with E-state index in [-0.39, 0.29) is 18.8 Å². The topological polar surface area (TPSA) is 93.1 Å². The summed E-state index contributed by atoms with van der Waals surface area (Å²) in [4.78, 5) is 21.2.